The predicted molar refractivity (Wildman–Crippen MR) is 68.6 cm³/mol. The van der Waals surface area contributed by atoms with Crippen LogP contribution in [0, 0.1) is 0 Å². The summed E-state index contributed by atoms with van der Waals surface area (Å²) in [6, 6.07) is 0.367. The summed E-state index contributed by atoms with van der Waals surface area (Å²) in [5, 5.41) is 0. The first-order valence-electron chi connectivity index (χ1n) is 6.69. The third kappa shape index (κ3) is 2.47. The van der Waals surface area contributed by atoms with Crippen LogP contribution in [0.4, 0.5) is 4.79 Å². The van der Waals surface area contributed by atoms with Crippen molar-refractivity contribution < 1.29 is 14.3 Å². The van der Waals surface area contributed by atoms with Crippen molar-refractivity contribution in [2.24, 2.45) is 0 Å². The van der Waals surface area contributed by atoms with E-state index in [-0.39, 0.29) is 11.6 Å². The molecule has 0 aromatic rings. The number of carbonyl (C=O) groups excluding carboxylic acids is 1. The Labute approximate surface area is 109 Å². The highest BCUT2D eigenvalue weighted by Crippen LogP contribution is 2.42. The molecule has 104 valence electrons. The maximum absolute atomic E-state index is 11.5. The second-order valence-electron chi connectivity index (χ2n) is 5.62. The fraction of sp³-hybridized carbons (Fsp3) is 0.923. The molecule has 2 aliphatic heterocycles. The third-order valence-electron chi connectivity index (χ3n) is 4.21. The van der Waals surface area contributed by atoms with E-state index in [1.165, 1.54) is 17.7 Å². The number of amides is 1. The average molecular weight is 256 g/mol. The molecule has 2 atom stereocenters. The summed E-state index contributed by atoms with van der Waals surface area (Å²) in [5.74, 6) is 0. The predicted octanol–water partition coefficient (Wildman–Crippen LogP) is 1.33. The van der Waals surface area contributed by atoms with Crippen molar-refractivity contribution in [1.29, 1.82) is 0 Å². The Kier molecular flexibility index (Phi) is 4.12. The number of methoxy groups -OCH3 is 1. The SMILES string of the molecule is COCC12CCCN1[C@@H](COC(=O)N(C)C)CC2. The van der Waals surface area contributed by atoms with Gasteiger partial charge in [0.15, 0.2) is 0 Å². The Morgan fingerprint density at radius 1 is 1.44 bits per heavy atom. The van der Waals surface area contributed by atoms with Crippen LogP contribution in [0.15, 0.2) is 0 Å². The summed E-state index contributed by atoms with van der Waals surface area (Å²) in [6.07, 6.45) is 4.44. The average Bonchev–Trinajstić information content (AvgIpc) is 2.85. The Hall–Kier alpha value is -0.810. The topological polar surface area (TPSA) is 42.0 Å². The molecule has 5 nitrogen and oxygen atoms in total. The van der Waals surface area contributed by atoms with E-state index >= 15 is 0 Å². The lowest BCUT2D eigenvalue weighted by Gasteiger charge is -2.34. The van der Waals surface area contributed by atoms with Gasteiger partial charge in [-0.05, 0) is 32.2 Å². The van der Waals surface area contributed by atoms with E-state index in [0.29, 0.717) is 12.6 Å². The largest absolute Gasteiger partial charge is 0.448 e. The second kappa shape index (κ2) is 5.45. The molecule has 0 bridgehead atoms. The van der Waals surface area contributed by atoms with Gasteiger partial charge in [-0.15, -0.1) is 0 Å². The molecule has 1 unspecified atom stereocenters. The Bertz CT molecular complexity index is 309. The van der Waals surface area contributed by atoms with E-state index < -0.39 is 0 Å². The van der Waals surface area contributed by atoms with Crippen molar-refractivity contribution in [2.45, 2.75) is 37.3 Å². The molecule has 0 saturated carbocycles. The molecule has 2 saturated heterocycles. The first-order chi connectivity index (χ1) is 8.59. The van der Waals surface area contributed by atoms with Gasteiger partial charge in [-0.1, -0.05) is 0 Å². The molecule has 2 heterocycles. The van der Waals surface area contributed by atoms with Crippen LogP contribution >= 0.6 is 0 Å². The summed E-state index contributed by atoms with van der Waals surface area (Å²) in [7, 11) is 5.19. The lowest BCUT2D eigenvalue weighted by Crippen LogP contribution is -2.47. The first-order valence-corrected chi connectivity index (χ1v) is 6.69. The molecule has 1 amide bonds. The molecule has 2 rings (SSSR count). The van der Waals surface area contributed by atoms with Crippen LogP contribution < -0.4 is 0 Å². The quantitative estimate of drug-likeness (QED) is 0.761. The monoisotopic (exact) mass is 256 g/mol. The molecule has 0 N–H and O–H groups in total. The van der Waals surface area contributed by atoms with Crippen molar-refractivity contribution >= 4 is 6.09 Å². The van der Waals surface area contributed by atoms with Gasteiger partial charge >= 0.3 is 6.09 Å². The number of hydrogen-bond donors (Lipinski definition) is 0. The number of ether oxygens (including phenoxy) is 2. The van der Waals surface area contributed by atoms with E-state index in [0.717, 1.165) is 26.0 Å². The van der Waals surface area contributed by atoms with Crippen molar-refractivity contribution in [3.05, 3.63) is 0 Å². The second-order valence-corrected chi connectivity index (χ2v) is 5.62. The van der Waals surface area contributed by atoms with Crippen LogP contribution in [0.25, 0.3) is 0 Å². The molecule has 2 aliphatic rings. The maximum atomic E-state index is 11.5. The zero-order valence-corrected chi connectivity index (χ0v) is 11.6. The number of fused-ring (bicyclic) bond motifs is 1. The van der Waals surface area contributed by atoms with Gasteiger partial charge in [0, 0.05) is 32.8 Å². The van der Waals surface area contributed by atoms with Gasteiger partial charge in [0.25, 0.3) is 0 Å². The van der Waals surface area contributed by atoms with Gasteiger partial charge in [-0.25, -0.2) is 4.79 Å². The summed E-state index contributed by atoms with van der Waals surface area (Å²) in [4.78, 5) is 15.4. The number of carbonyl (C=O) groups is 1. The van der Waals surface area contributed by atoms with Crippen molar-refractivity contribution in [1.82, 2.24) is 9.80 Å². The van der Waals surface area contributed by atoms with Crippen LogP contribution in [0.5, 0.6) is 0 Å². The van der Waals surface area contributed by atoms with Gasteiger partial charge < -0.3 is 14.4 Å². The van der Waals surface area contributed by atoms with Gasteiger partial charge in [0.2, 0.25) is 0 Å². The normalized spacial score (nSPS) is 31.4. The molecular formula is C13H24N2O3. The lowest BCUT2D eigenvalue weighted by atomic mass is 9.95. The van der Waals surface area contributed by atoms with Crippen molar-refractivity contribution in [3.8, 4) is 0 Å². The number of rotatable bonds is 4. The van der Waals surface area contributed by atoms with Crippen LogP contribution in [0.1, 0.15) is 25.7 Å². The van der Waals surface area contributed by atoms with E-state index in [1.807, 2.05) is 0 Å². The standard InChI is InChI=1S/C13H24N2O3/c1-14(2)12(16)18-9-11-5-7-13(10-17-3)6-4-8-15(11)13/h11H,4-10H2,1-3H3/t11-,13?/m1/s1. The van der Waals surface area contributed by atoms with Gasteiger partial charge in [-0.3, -0.25) is 4.90 Å². The molecular weight excluding hydrogens is 232 g/mol. The van der Waals surface area contributed by atoms with Crippen molar-refractivity contribution in [2.75, 3.05) is 41.0 Å². The zero-order valence-electron chi connectivity index (χ0n) is 11.6. The smallest absolute Gasteiger partial charge is 0.409 e. The number of hydrogen-bond acceptors (Lipinski definition) is 4. The van der Waals surface area contributed by atoms with Crippen LogP contribution in [-0.4, -0.2) is 68.4 Å². The maximum Gasteiger partial charge on any atom is 0.409 e. The zero-order chi connectivity index (χ0) is 13.2. The summed E-state index contributed by atoms with van der Waals surface area (Å²) in [5.41, 5.74) is 0.212. The minimum atomic E-state index is -0.251. The van der Waals surface area contributed by atoms with Crippen LogP contribution in [0.2, 0.25) is 0 Å². The minimum absolute atomic E-state index is 0.212. The summed E-state index contributed by atoms with van der Waals surface area (Å²) in [6.45, 7) is 2.40. The highest BCUT2D eigenvalue weighted by atomic mass is 16.6. The van der Waals surface area contributed by atoms with Crippen LogP contribution in [0.3, 0.4) is 0 Å². The van der Waals surface area contributed by atoms with Crippen LogP contribution in [-0.2, 0) is 9.47 Å². The van der Waals surface area contributed by atoms with E-state index in [9.17, 15) is 4.79 Å². The summed E-state index contributed by atoms with van der Waals surface area (Å²) < 4.78 is 10.7. The van der Waals surface area contributed by atoms with E-state index in [2.05, 4.69) is 4.90 Å². The highest BCUT2D eigenvalue weighted by molar-refractivity contribution is 5.66. The fourth-order valence-electron chi connectivity index (χ4n) is 3.35. The van der Waals surface area contributed by atoms with E-state index in [1.54, 1.807) is 21.2 Å². The third-order valence-corrected chi connectivity index (χ3v) is 4.21. The Morgan fingerprint density at radius 3 is 2.89 bits per heavy atom. The first kappa shape index (κ1) is 13.6. The van der Waals surface area contributed by atoms with Gasteiger partial charge in [0.1, 0.15) is 6.61 Å². The molecule has 2 fully saturated rings. The molecule has 0 radical (unpaired) electrons. The molecule has 18 heavy (non-hydrogen) atoms. The molecule has 0 spiro atoms. The summed E-state index contributed by atoms with van der Waals surface area (Å²) >= 11 is 0. The van der Waals surface area contributed by atoms with Gasteiger partial charge in [-0.2, -0.15) is 0 Å². The van der Waals surface area contributed by atoms with Crippen molar-refractivity contribution in [3.63, 3.8) is 0 Å². The highest BCUT2D eigenvalue weighted by Gasteiger charge is 2.49. The molecule has 5 heteroatoms. The Balaban J connectivity index is 1.90. The molecule has 0 aromatic heterocycles. The minimum Gasteiger partial charge on any atom is -0.448 e. The molecule has 0 aromatic carbocycles. The van der Waals surface area contributed by atoms with Gasteiger partial charge in [0.05, 0.1) is 6.61 Å². The van der Waals surface area contributed by atoms with E-state index in [4.69, 9.17) is 9.47 Å². The lowest BCUT2D eigenvalue weighted by molar-refractivity contribution is 0.0293. The Morgan fingerprint density at radius 2 is 2.22 bits per heavy atom. The number of nitrogens with zero attached hydrogens (tertiary/aromatic N) is 2. The molecule has 0 aliphatic carbocycles. The fourth-order valence-corrected chi connectivity index (χ4v) is 3.35.